The number of pyridine rings is 1. The number of rotatable bonds is 2. The molecule has 0 aliphatic carbocycles. The summed E-state index contributed by atoms with van der Waals surface area (Å²) in [5.41, 5.74) is 0. The third-order valence-electron chi connectivity index (χ3n) is 2.11. The molecule has 2 aromatic rings. The van der Waals surface area contributed by atoms with E-state index in [1.165, 1.54) is 24.4 Å². The van der Waals surface area contributed by atoms with Gasteiger partial charge < -0.3 is 5.11 Å². The van der Waals surface area contributed by atoms with Gasteiger partial charge in [-0.05, 0) is 18.2 Å². The molecule has 1 aromatic carbocycles. The lowest BCUT2D eigenvalue weighted by Gasteiger charge is -2.05. The Labute approximate surface area is 93.1 Å². The molecule has 82 valence electrons. The van der Waals surface area contributed by atoms with Crippen LogP contribution in [-0.2, 0) is 9.84 Å². The average molecular weight is 235 g/mol. The van der Waals surface area contributed by atoms with Gasteiger partial charge in [0.25, 0.3) is 0 Å². The Morgan fingerprint density at radius 2 is 1.75 bits per heavy atom. The van der Waals surface area contributed by atoms with Gasteiger partial charge in [0.1, 0.15) is 10.6 Å². The number of hydrogen-bond donors (Lipinski definition) is 1. The van der Waals surface area contributed by atoms with Gasteiger partial charge in [-0.3, -0.25) is 4.98 Å². The van der Waals surface area contributed by atoms with Gasteiger partial charge in [0.2, 0.25) is 9.84 Å². The lowest BCUT2D eigenvalue weighted by atomic mass is 10.4. The summed E-state index contributed by atoms with van der Waals surface area (Å²) < 4.78 is 24.1. The monoisotopic (exact) mass is 235 g/mol. The minimum atomic E-state index is -3.68. The molecule has 1 heterocycles. The van der Waals surface area contributed by atoms with Gasteiger partial charge >= 0.3 is 0 Å². The first-order chi connectivity index (χ1) is 7.62. The van der Waals surface area contributed by atoms with Gasteiger partial charge in [0.15, 0.2) is 0 Å². The van der Waals surface area contributed by atoms with Crippen molar-refractivity contribution in [1.29, 1.82) is 0 Å². The van der Waals surface area contributed by atoms with Crippen molar-refractivity contribution >= 4 is 9.84 Å². The summed E-state index contributed by atoms with van der Waals surface area (Å²) in [6, 6.07) is 9.17. The molecule has 0 amide bonds. The molecule has 4 nitrogen and oxygen atoms in total. The Bertz CT molecular complexity index is 594. The minimum Gasteiger partial charge on any atom is -0.506 e. The van der Waals surface area contributed by atoms with Gasteiger partial charge in [0, 0.05) is 12.4 Å². The highest BCUT2D eigenvalue weighted by atomic mass is 32.2. The van der Waals surface area contributed by atoms with Crippen LogP contribution >= 0.6 is 0 Å². The van der Waals surface area contributed by atoms with Crippen LogP contribution in [0.4, 0.5) is 0 Å². The second kappa shape index (κ2) is 3.94. The Hall–Kier alpha value is -1.88. The van der Waals surface area contributed by atoms with Crippen molar-refractivity contribution in [2.75, 3.05) is 0 Å². The highest BCUT2D eigenvalue weighted by Gasteiger charge is 2.20. The molecule has 0 saturated heterocycles. The molecule has 2 rings (SSSR count). The van der Waals surface area contributed by atoms with Gasteiger partial charge in [-0.2, -0.15) is 0 Å². The number of aromatic hydroxyl groups is 1. The molecule has 1 N–H and O–H groups in total. The SMILES string of the molecule is O=S(=O)(c1ccccc1)c1cnccc1O. The van der Waals surface area contributed by atoms with Crippen LogP contribution in [0, 0.1) is 0 Å². The lowest BCUT2D eigenvalue weighted by molar-refractivity contribution is 0.457. The van der Waals surface area contributed by atoms with Crippen molar-refractivity contribution in [3.63, 3.8) is 0 Å². The average Bonchev–Trinajstić information content (AvgIpc) is 2.30. The normalized spacial score (nSPS) is 11.2. The van der Waals surface area contributed by atoms with E-state index in [4.69, 9.17) is 0 Å². The molecule has 0 atom stereocenters. The Kier molecular flexibility index (Phi) is 2.62. The topological polar surface area (TPSA) is 67.3 Å². The van der Waals surface area contributed by atoms with E-state index >= 15 is 0 Å². The van der Waals surface area contributed by atoms with Crippen LogP contribution < -0.4 is 0 Å². The largest absolute Gasteiger partial charge is 0.506 e. The molecule has 0 spiro atoms. The molecule has 0 fully saturated rings. The summed E-state index contributed by atoms with van der Waals surface area (Å²) in [7, 11) is -3.68. The number of nitrogens with zero attached hydrogens (tertiary/aromatic N) is 1. The number of benzene rings is 1. The van der Waals surface area contributed by atoms with Crippen molar-refractivity contribution in [3.05, 3.63) is 48.8 Å². The smallest absolute Gasteiger partial charge is 0.211 e. The number of aromatic nitrogens is 1. The Morgan fingerprint density at radius 1 is 1.06 bits per heavy atom. The van der Waals surface area contributed by atoms with Crippen LogP contribution in [-0.4, -0.2) is 18.5 Å². The standard InChI is InChI=1S/C11H9NO3S/c13-10-6-7-12-8-11(10)16(14,15)9-4-2-1-3-5-9/h1-8H,(H,12,13). The van der Waals surface area contributed by atoms with Gasteiger partial charge in [-0.1, -0.05) is 18.2 Å². The molecule has 0 bridgehead atoms. The second-order valence-corrected chi connectivity index (χ2v) is 5.08. The zero-order valence-electron chi connectivity index (χ0n) is 8.24. The molecule has 0 aliphatic rings. The first-order valence-corrected chi connectivity index (χ1v) is 6.04. The van der Waals surface area contributed by atoms with E-state index < -0.39 is 9.84 Å². The highest BCUT2D eigenvalue weighted by Crippen LogP contribution is 2.26. The molecule has 0 saturated carbocycles. The minimum absolute atomic E-state index is 0.137. The van der Waals surface area contributed by atoms with E-state index in [2.05, 4.69) is 4.98 Å². The maximum Gasteiger partial charge on any atom is 0.211 e. The quantitative estimate of drug-likeness (QED) is 0.858. The molecule has 5 heteroatoms. The molecule has 16 heavy (non-hydrogen) atoms. The number of hydrogen-bond acceptors (Lipinski definition) is 4. The lowest BCUT2D eigenvalue weighted by Crippen LogP contribution is -2.02. The fourth-order valence-electron chi connectivity index (χ4n) is 1.31. The van der Waals surface area contributed by atoms with Gasteiger partial charge in [-0.15, -0.1) is 0 Å². The summed E-state index contributed by atoms with van der Waals surface area (Å²) in [6.07, 6.45) is 2.47. The van der Waals surface area contributed by atoms with Crippen LogP contribution in [0.15, 0.2) is 58.6 Å². The predicted molar refractivity (Wildman–Crippen MR) is 57.8 cm³/mol. The third kappa shape index (κ3) is 1.77. The zero-order valence-corrected chi connectivity index (χ0v) is 9.05. The maximum absolute atomic E-state index is 12.1. The predicted octanol–water partition coefficient (Wildman–Crippen LogP) is 1.62. The van der Waals surface area contributed by atoms with E-state index in [1.807, 2.05) is 0 Å². The van der Waals surface area contributed by atoms with Crippen LogP contribution in [0.2, 0.25) is 0 Å². The van der Waals surface area contributed by atoms with Crippen molar-refractivity contribution in [2.24, 2.45) is 0 Å². The van der Waals surface area contributed by atoms with Crippen molar-refractivity contribution in [3.8, 4) is 5.75 Å². The molecule has 1 aromatic heterocycles. The van der Waals surface area contributed by atoms with E-state index in [0.717, 1.165) is 6.20 Å². The molecule has 0 unspecified atom stereocenters. The Morgan fingerprint density at radius 3 is 2.38 bits per heavy atom. The number of sulfone groups is 1. The fraction of sp³-hybridized carbons (Fsp3) is 0. The van der Waals surface area contributed by atoms with Crippen molar-refractivity contribution < 1.29 is 13.5 Å². The molecular formula is C11H9NO3S. The summed E-state index contributed by atoms with van der Waals surface area (Å²) >= 11 is 0. The van der Waals surface area contributed by atoms with Crippen LogP contribution in [0.5, 0.6) is 5.75 Å². The zero-order chi connectivity index (χ0) is 11.6. The molecule has 0 radical (unpaired) electrons. The molecular weight excluding hydrogens is 226 g/mol. The van der Waals surface area contributed by atoms with Crippen molar-refractivity contribution in [2.45, 2.75) is 9.79 Å². The third-order valence-corrected chi connectivity index (χ3v) is 3.89. The first-order valence-electron chi connectivity index (χ1n) is 4.55. The van der Waals surface area contributed by atoms with E-state index in [1.54, 1.807) is 18.2 Å². The van der Waals surface area contributed by atoms with Gasteiger partial charge in [-0.25, -0.2) is 8.42 Å². The Balaban J connectivity index is 2.62. The summed E-state index contributed by atoms with van der Waals surface area (Å²) in [4.78, 5) is 3.66. The summed E-state index contributed by atoms with van der Waals surface area (Å²) in [6.45, 7) is 0. The summed E-state index contributed by atoms with van der Waals surface area (Å²) in [5, 5.41) is 9.49. The maximum atomic E-state index is 12.1. The highest BCUT2D eigenvalue weighted by molar-refractivity contribution is 7.91. The van der Waals surface area contributed by atoms with Crippen LogP contribution in [0.3, 0.4) is 0 Å². The van der Waals surface area contributed by atoms with E-state index in [-0.39, 0.29) is 15.5 Å². The fourth-order valence-corrected chi connectivity index (χ4v) is 2.62. The first kappa shape index (κ1) is 10.6. The summed E-state index contributed by atoms with van der Waals surface area (Å²) in [5.74, 6) is -0.293. The van der Waals surface area contributed by atoms with Crippen molar-refractivity contribution in [1.82, 2.24) is 4.98 Å². The van der Waals surface area contributed by atoms with Crippen LogP contribution in [0.1, 0.15) is 0 Å². The second-order valence-electron chi connectivity index (χ2n) is 3.16. The molecule has 0 aliphatic heterocycles. The van der Waals surface area contributed by atoms with E-state index in [0.29, 0.717) is 0 Å². The van der Waals surface area contributed by atoms with Crippen LogP contribution in [0.25, 0.3) is 0 Å². The van der Waals surface area contributed by atoms with E-state index in [9.17, 15) is 13.5 Å². The van der Waals surface area contributed by atoms with Gasteiger partial charge in [0.05, 0.1) is 4.90 Å².